The third-order valence-corrected chi connectivity index (χ3v) is 18.2. The van der Waals surface area contributed by atoms with Crippen LogP contribution in [0.3, 0.4) is 0 Å². The normalized spacial score (nSPS) is 29.8. The van der Waals surface area contributed by atoms with Crippen LogP contribution in [0.5, 0.6) is 5.75 Å². The minimum Gasteiger partial charge on any atom is -0.490 e. The molecule has 0 unspecified atom stereocenters. The van der Waals surface area contributed by atoms with E-state index < -0.39 is 35.6 Å². The van der Waals surface area contributed by atoms with Crippen LogP contribution < -0.4 is 14.4 Å². The molecule has 11 heteroatoms. The van der Waals surface area contributed by atoms with Gasteiger partial charge in [-0.15, -0.1) is 0 Å². The highest BCUT2D eigenvalue weighted by atomic mass is 35.5. The standard InChI is InChI=1S/C37H51ClN2O6SSi/c1-36(2,3)48(4,5)46-22-29-10-6-7-11-33(41)30-15-12-27(30)21-40-23-37(18-8-9-25-19-28(38)14-16-31(25)37)24-45-34-17-13-26(20-32(34)40)35(42)39-47(29,43)44/h6-7,13-14,16-17,19-20,27,29-30,33,41H,8-12,15,18,21-24H2,1-5H3,(H,39,42)/b7-6+/t27-,29+,30+,33-,37-/m0/s1. The number of aliphatic hydroxyl groups excluding tert-OH is 1. The van der Waals surface area contributed by atoms with Gasteiger partial charge >= 0.3 is 0 Å². The molecule has 2 aliphatic heterocycles. The van der Waals surface area contributed by atoms with Crippen LogP contribution in [0.15, 0.2) is 48.6 Å². The maximum Gasteiger partial charge on any atom is 0.264 e. The highest BCUT2D eigenvalue weighted by molar-refractivity contribution is 7.90. The topological polar surface area (TPSA) is 105 Å². The van der Waals surface area contributed by atoms with E-state index in [-0.39, 0.29) is 40.9 Å². The number of ether oxygens (including phenoxy) is 1. The van der Waals surface area contributed by atoms with Crippen LogP contribution in [-0.4, -0.2) is 65.4 Å². The van der Waals surface area contributed by atoms with Gasteiger partial charge in [-0.1, -0.05) is 50.6 Å². The van der Waals surface area contributed by atoms with Gasteiger partial charge in [-0.25, -0.2) is 13.1 Å². The Morgan fingerprint density at radius 2 is 1.90 bits per heavy atom. The summed E-state index contributed by atoms with van der Waals surface area (Å²) in [7, 11) is -6.37. The first kappa shape index (κ1) is 35.5. The molecule has 4 aliphatic rings. The van der Waals surface area contributed by atoms with Crippen LogP contribution in [-0.2, 0) is 26.3 Å². The fraction of sp³-hybridized carbons (Fsp3) is 0.595. The van der Waals surface area contributed by atoms with E-state index >= 15 is 0 Å². The molecule has 2 aromatic rings. The van der Waals surface area contributed by atoms with Gasteiger partial charge in [-0.2, -0.15) is 0 Å². The average Bonchev–Trinajstić information content (AvgIpc) is 3.14. The largest absolute Gasteiger partial charge is 0.490 e. The predicted molar refractivity (Wildman–Crippen MR) is 194 cm³/mol. The minimum absolute atomic E-state index is 0.0166. The number of sulfonamides is 1. The number of benzene rings is 2. The van der Waals surface area contributed by atoms with E-state index in [1.165, 1.54) is 11.1 Å². The van der Waals surface area contributed by atoms with Gasteiger partial charge in [-0.3, -0.25) is 4.79 Å². The minimum atomic E-state index is -4.11. The number of nitrogens with one attached hydrogen (secondary N) is 1. The first-order valence-corrected chi connectivity index (χ1v) is 22.3. The lowest BCUT2D eigenvalue weighted by atomic mass is 9.68. The zero-order valence-electron chi connectivity index (χ0n) is 28.9. The van der Waals surface area contributed by atoms with E-state index in [4.69, 9.17) is 20.8 Å². The summed E-state index contributed by atoms with van der Waals surface area (Å²) in [6, 6.07) is 11.4. The van der Waals surface area contributed by atoms with Gasteiger partial charge in [0, 0.05) is 29.1 Å². The molecule has 1 saturated carbocycles. The van der Waals surface area contributed by atoms with E-state index in [2.05, 4.69) is 55.6 Å². The van der Waals surface area contributed by atoms with Gasteiger partial charge < -0.3 is 19.2 Å². The molecule has 262 valence electrons. The summed E-state index contributed by atoms with van der Waals surface area (Å²) < 4.78 is 42.9. The molecule has 2 aliphatic carbocycles. The first-order chi connectivity index (χ1) is 22.6. The number of amides is 1. The zero-order chi connectivity index (χ0) is 34.5. The second kappa shape index (κ2) is 13.4. The number of hydrogen-bond acceptors (Lipinski definition) is 7. The number of allylic oxidation sites excluding steroid dienone is 1. The van der Waals surface area contributed by atoms with Gasteiger partial charge in [0.05, 0.1) is 25.0 Å². The summed E-state index contributed by atoms with van der Waals surface area (Å²) in [5, 5.41) is 11.0. The van der Waals surface area contributed by atoms with Crippen molar-refractivity contribution in [3.63, 3.8) is 0 Å². The molecular weight excluding hydrogens is 664 g/mol. The van der Waals surface area contributed by atoms with Crippen molar-refractivity contribution in [3.05, 3.63) is 70.3 Å². The lowest BCUT2D eigenvalue weighted by Crippen LogP contribution is -2.49. The Hall–Kier alpha value is -2.37. The highest BCUT2D eigenvalue weighted by Crippen LogP contribution is 2.47. The van der Waals surface area contributed by atoms with Crippen molar-refractivity contribution in [2.45, 2.75) is 101 Å². The number of halogens is 1. The van der Waals surface area contributed by atoms with E-state index in [1.807, 2.05) is 18.2 Å². The Morgan fingerprint density at radius 1 is 1.12 bits per heavy atom. The Balaban J connectivity index is 1.36. The highest BCUT2D eigenvalue weighted by Gasteiger charge is 2.45. The summed E-state index contributed by atoms with van der Waals surface area (Å²) in [5.74, 6) is 0.422. The molecule has 2 heterocycles. The molecule has 2 bridgehead atoms. The van der Waals surface area contributed by atoms with E-state index in [0.29, 0.717) is 31.9 Å². The van der Waals surface area contributed by atoms with Crippen LogP contribution in [0.4, 0.5) is 5.69 Å². The van der Waals surface area contributed by atoms with Crippen molar-refractivity contribution in [1.82, 2.24) is 4.72 Å². The zero-order valence-corrected chi connectivity index (χ0v) is 31.5. The number of rotatable bonds is 3. The number of fused-ring (bicyclic) bond motifs is 4. The molecule has 1 fully saturated rings. The molecule has 48 heavy (non-hydrogen) atoms. The number of aliphatic hydroxyl groups is 1. The lowest BCUT2D eigenvalue weighted by Gasteiger charge is -2.45. The summed E-state index contributed by atoms with van der Waals surface area (Å²) in [6.45, 7) is 12.4. The number of anilines is 1. The summed E-state index contributed by atoms with van der Waals surface area (Å²) >= 11 is 6.42. The molecule has 0 saturated heterocycles. The molecule has 5 atom stereocenters. The van der Waals surface area contributed by atoms with Crippen molar-refractivity contribution < 1.29 is 27.5 Å². The third kappa shape index (κ3) is 7.11. The van der Waals surface area contributed by atoms with Gasteiger partial charge in [0.1, 0.15) is 11.0 Å². The van der Waals surface area contributed by atoms with Crippen LogP contribution in [0.2, 0.25) is 23.2 Å². The van der Waals surface area contributed by atoms with Crippen molar-refractivity contribution in [3.8, 4) is 5.75 Å². The van der Waals surface area contributed by atoms with Crippen molar-refractivity contribution in [1.29, 1.82) is 0 Å². The lowest BCUT2D eigenvalue weighted by molar-refractivity contribution is 0.0177. The number of aryl methyl sites for hydroxylation is 1. The Labute approximate surface area is 292 Å². The maximum absolute atomic E-state index is 13.8. The van der Waals surface area contributed by atoms with Crippen LogP contribution in [0.25, 0.3) is 0 Å². The van der Waals surface area contributed by atoms with Crippen LogP contribution in [0, 0.1) is 11.8 Å². The molecule has 6 rings (SSSR count). The summed E-state index contributed by atoms with van der Waals surface area (Å²) in [5.41, 5.74) is 3.27. The van der Waals surface area contributed by atoms with Gasteiger partial charge in [-0.05, 0) is 116 Å². The SMILES string of the molecule is CC(C)(C)[Si](C)(C)OC[C@H]1C/C=C/C[C@H](O)[C@@H]2CC[C@H]2CN2C[C@@]3(CCCc4cc(Cl)ccc43)COc3ccc(cc32)C(=O)NS1(=O)=O. The first-order valence-electron chi connectivity index (χ1n) is 17.4. The number of carbonyl (C=O) groups is 1. The molecule has 1 amide bonds. The Bertz CT molecular complexity index is 1670. The molecular formula is C37H51ClN2O6SSi. The fourth-order valence-corrected chi connectivity index (χ4v) is 10.1. The molecule has 0 radical (unpaired) electrons. The van der Waals surface area contributed by atoms with Gasteiger partial charge in [0.2, 0.25) is 10.0 Å². The Kier molecular flexibility index (Phi) is 9.89. The second-order valence-corrected chi connectivity index (χ2v) is 23.2. The monoisotopic (exact) mass is 714 g/mol. The third-order valence-electron chi connectivity index (χ3n) is 11.8. The van der Waals surface area contributed by atoms with E-state index in [0.717, 1.165) is 42.8 Å². The van der Waals surface area contributed by atoms with Crippen molar-refractivity contribution in [2.24, 2.45) is 11.8 Å². The molecule has 0 aromatic heterocycles. The number of hydrogen-bond donors (Lipinski definition) is 2. The Morgan fingerprint density at radius 3 is 2.62 bits per heavy atom. The average molecular weight is 715 g/mol. The molecule has 8 nitrogen and oxygen atoms in total. The second-order valence-electron chi connectivity index (χ2n) is 16.0. The maximum atomic E-state index is 13.8. The van der Waals surface area contributed by atoms with Crippen LogP contribution in [0.1, 0.15) is 80.8 Å². The smallest absolute Gasteiger partial charge is 0.264 e. The van der Waals surface area contributed by atoms with Gasteiger partial charge in [0.25, 0.3) is 5.91 Å². The van der Waals surface area contributed by atoms with Crippen LogP contribution >= 0.6 is 11.6 Å². The van der Waals surface area contributed by atoms with Crippen molar-refractivity contribution in [2.75, 3.05) is 31.2 Å². The van der Waals surface area contributed by atoms with Crippen molar-refractivity contribution >= 4 is 41.5 Å². The van der Waals surface area contributed by atoms with E-state index in [9.17, 15) is 18.3 Å². The van der Waals surface area contributed by atoms with Gasteiger partial charge in [0.15, 0.2) is 8.32 Å². The number of nitrogens with zero attached hydrogens (tertiary/aromatic N) is 1. The fourth-order valence-electron chi connectivity index (χ4n) is 7.60. The molecule has 2 aromatic carbocycles. The summed E-state index contributed by atoms with van der Waals surface area (Å²) in [4.78, 5) is 16.1. The summed E-state index contributed by atoms with van der Waals surface area (Å²) in [6.07, 6.45) is 8.72. The molecule has 1 spiro atoms. The molecule has 2 N–H and O–H groups in total. The van der Waals surface area contributed by atoms with E-state index in [1.54, 1.807) is 18.2 Å². The quantitative estimate of drug-likeness (QED) is 0.261. The predicted octanol–water partition coefficient (Wildman–Crippen LogP) is 7.00. The number of carbonyl (C=O) groups excluding carboxylic acids is 1.